The van der Waals surface area contributed by atoms with Crippen LogP contribution in [0.25, 0.3) is 5.57 Å². The van der Waals surface area contributed by atoms with Crippen molar-refractivity contribution in [2.45, 2.75) is 27.7 Å². The van der Waals surface area contributed by atoms with Crippen molar-refractivity contribution >= 4 is 23.1 Å². The molecule has 0 saturated carbocycles. The Balaban J connectivity index is 1.86. The highest BCUT2D eigenvalue weighted by Gasteiger charge is 2.43. The number of hydrogen-bond donors (Lipinski definition) is 0. The van der Waals surface area contributed by atoms with Gasteiger partial charge in [-0.05, 0) is 68.6 Å². The molecule has 0 radical (unpaired) electrons. The quantitative estimate of drug-likeness (QED) is 0.737. The van der Waals surface area contributed by atoms with Crippen molar-refractivity contribution in [3.63, 3.8) is 0 Å². The zero-order chi connectivity index (χ0) is 21.6. The molecule has 0 spiro atoms. The minimum absolute atomic E-state index is 0.216. The van der Waals surface area contributed by atoms with E-state index < -0.39 is 0 Å². The molecular weight excluding hydrogens is 374 g/mol. The Morgan fingerprint density at radius 2 is 1.47 bits per heavy atom. The third-order valence-corrected chi connectivity index (χ3v) is 6.49. The normalized spacial score (nSPS) is 18.0. The van der Waals surface area contributed by atoms with Crippen LogP contribution in [0.15, 0.2) is 42.1 Å². The molecule has 2 aliphatic heterocycles. The summed E-state index contributed by atoms with van der Waals surface area (Å²) in [6.07, 6.45) is 0. The zero-order valence-electron chi connectivity index (χ0n) is 18.5. The molecule has 5 nitrogen and oxygen atoms in total. The third-order valence-electron chi connectivity index (χ3n) is 6.49. The lowest BCUT2D eigenvalue weighted by Gasteiger charge is -2.34. The van der Waals surface area contributed by atoms with Crippen molar-refractivity contribution in [2.75, 3.05) is 38.1 Å². The molecule has 1 fully saturated rings. The summed E-state index contributed by atoms with van der Waals surface area (Å²) in [7, 11) is 2.08. The molecule has 2 aromatic carbocycles. The lowest BCUT2D eigenvalue weighted by Crippen LogP contribution is -2.46. The molecule has 0 unspecified atom stereocenters. The Kier molecular flexibility index (Phi) is 5.24. The number of rotatable bonds is 3. The number of nitrogens with zero attached hydrogens (tertiary/aromatic N) is 3. The van der Waals surface area contributed by atoms with E-state index in [-0.39, 0.29) is 11.8 Å². The number of likely N-dealkylation sites (N-methyl/N-ethyl adjacent to an activating group) is 1. The predicted molar refractivity (Wildman–Crippen MR) is 120 cm³/mol. The predicted octanol–water partition coefficient (Wildman–Crippen LogP) is 3.45. The van der Waals surface area contributed by atoms with Gasteiger partial charge < -0.3 is 9.80 Å². The van der Waals surface area contributed by atoms with E-state index >= 15 is 0 Å². The first kappa shape index (κ1) is 20.4. The van der Waals surface area contributed by atoms with Crippen LogP contribution in [0.1, 0.15) is 27.8 Å². The first-order valence-electron chi connectivity index (χ1n) is 10.5. The minimum Gasteiger partial charge on any atom is -0.364 e. The van der Waals surface area contributed by atoms with E-state index in [1.165, 1.54) is 10.5 Å². The summed E-state index contributed by atoms with van der Waals surface area (Å²) in [6.45, 7) is 11.3. The molecule has 2 amide bonds. The van der Waals surface area contributed by atoms with Crippen LogP contribution in [-0.2, 0) is 9.59 Å². The number of amides is 2. The van der Waals surface area contributed by atoms with Gasteiger partial charge >= 0.3 is 0 Å². The fraction of sp³-hybridized carbons (Fsp3) is 0.360. The summed E-state index contributed by atoms with van der Waals surface area (Å²) < 4.78 is 0. The third kappa shape index (κ3) is 3.33. The van der Waals surface area contributed by atoms with Gasteiger partial charge in [0.15, 0.2) is 0 Å². The van der Waals surface area contributed by atoms with Crippen molar-refractivity contribution in [3.8, 4) is 0 Å². The van der Waals surface area contributed by atoms with E-state index in [1.54, 1.807) is 0 Å². The van der Waals surface area contributed by atoms with Gasteiger partial charge in [-0.1, -0.05) is 30.3 Å². The van der Waals surface area contributed by atoms with Gasteiger partial charge in [-0.15, -0.1) is 0 Å². The van der Waals surface area contributed by atoms with Gasteiger partial charge in [-0.25, -0.2) is 4.90 Å². The van der Waals surface area contributed by atoms with Gasteiger partial charge in [0.2, 0.25) is 0 Å². The number of aryl methyl sites for hydroxylation is 3. The maximum atomic E-state index is 13.7. The molecule has 0 N–H and O–H groups in total. The van der Waals surface area contributed by atoms with Crippen molar-refractivity contribution < 1.29 is 9.59 Å². The van der Waals surface area contributed by atoms with E-state index in [4.69, 9.17) is 0 Å². The van der Waals surface area contributed by atoms with Crippen molar-refractivity contribution in [3.05, 3.63) is 69.9 Å². The average molecular weight is 404 g/mol. The standard InChI is InChI=1S/C25H29N3O2/c1-16-9-10-20(15-18(16)3)22-23(27-13-11-26(5)12-14-27)25(30)28(24(22)29)21-8-6-7-17(2)19(21)4/h6-10,15H,11-14H2,1-5H3. The molecule has 2 heterocycles. The molecule has 2 aromatic rings. The molecule has 0 aromatic heterocycles. The summed E-state index contributed by atoms with van der Waals surface area (Å²) in [4.78, 5) is 33.1. The number of benzene rings is 2. The lowest BCUT2D eigenvalue weighted by atomic mass is 9.99. The fourth-order valence-electron chi connectivity index (χ4n) is 4.20. The highest BCUT2D eigenvalue weighted by Crippen LogP contribution is 2.37. The highest BCUT2D eigenvalue weighted by molar-refractivity contribution is 6.45. The molecule has 4 rings (SSSR count). The van der Waals surface area contributed by atoms with Gasteiger partial charge in [0.05, 0.1) is 11.3 Å². The number of anilines is 1. The zero-order valence-corrected chi connectivity index (χ0v) is 18.5. The number of imide groups is 1. The minimum atomic E-state index is -0.231. The average Bonchev–Trinajstić information content (AvgIpc) is 2.97. The SMILES string of the molecule is Cc1ccc(C2=C(N3CCN(C)CC3)C(=O)N(c3cccc(C)c3C)C2=O)cc1C. The highest BCUT2D eigenvalue weighted by atomic mass is 16.2. The summed E-state index contributed by atoms with van der Waals surface area (Å²) in [5, 5.41) is 0. The smallest absolute Gasteiger partial charge is 0.282 e. The summed E-state index contributed by atoms with van der Waals surface area (Å²) in [5.41, 5.74) is 6.86. The van der Waals surface area contributed by atoms with E-state index in [2.05, 4.69) is 23.8 Å². The first-order valence-corrected chi connectivity index (χ1v) is 10.5. The first-order chi connectivity index (χ1) is 14.3. The fourth-order valence-corrected chi connectivity index (χ4v) is 4.20. The van der Waals surface area contributed by atoms with E-state index in [9.17, 15) is 9.59 Å². The number of carbonyl (C=O) groups excluding carboxylic acids is 2. The summed E-state index contributed by atoms with van der Waals surface area (Å²) in [5.74, 6) is -0.447. The number of hydrogen-bond acceptors (Lipinski definition) is 4. The molecular formula is C25H29N3O2. The van der Waals surface area contributed by atoms with Gasteiger partial charge in [0.1, 0.15) is 5.70 Å². The van der Waals surface area contributed by atoms with Gasteiger partial charge in [0.25, 0.3) is 11.8 Å². The molecule has 0 bridgehead atoms. The second kappa shape index (κ2) is 7.73. The Morgan fingerprint density at radius 3 is 2.13 bits per heavy atom. The molecule has 0 atom stereocenters. The second-order valence-electron chi connectivity index (χ2n) is 8.48. The topological polar surface area (TPSA) is 43.9 Å². The lowest BCUT2D eigenvalue weighted by molar-refractivity contribution is -0.120. The van der Waals surface area contributed by atoms with Gasteiger partial charge in [-0.2, -0.15) is 0 Å². The number of piperazine rings is 1. The van der Waals surface area contributed by atoms with Crippen LogP contribution in [0.2, 0.25) is 0 Å². The Labute approximate surface area is 178 Å². The van der Waals surface area contributed by atoms with Crippen LogP contribution in [0.3, 0.4) is 0 Å². The summed E-state index contributed by atoms with van der Waals surface area (Å²) >= 11 is 0. The van der Waals surface area contributed by atoms with Crippen LogP contribution in [0.5, 0.6) is 0 Å². The second-order valence-corrected chi connectivity index (χ2v) is 8.48. The van der Waals surface area contributed by atoms with Crippen LogP contribution < -0.4 is 4.90 Å². The van der Waals surface area contributed by atoms with Crippen molar-refractivity contribution in [2.24, 2.45) is 0 Å². The molecule has 2 aliphatic rings. The maximum absolute atomic E-state index is 13.7. The Hall–Kier alpha value is -2.92. The molecule has 156 valence electrons. The van der Waals surface area contributed by atoms with Gasteiger partial charge in [-0.3, -0.25) is 9.59 Å². The van der Waals surface area contributed by atoms with Gasteiger partial charge in [0, 0.05) is 26.2 Å². The number of carbonyl (C=O) groups is 2. The maximum Gasteiger partial charge on any atom is 0.282 e. The van der Waals surface area contributed by atoms with Crippen LogP contribution in [-0.4, -0.2) is 54.8 Å². The van der Waals surface area contributed by atoms with Crippen LogP contribution in [0, 0.1) is 27.7 Å². The van der Waals surface area contributed by atoms with E-state index in [1.807, 2.05) is 57.2 Å². The molecule has 30 heavy (non-hydrogen) atoms. The molecule has 0 aliphatic carbocycles. The van der Waals surface area contributed by atoms with E-state index in [0.717, 1.165) is 48.4 Å². The molecule has 1 saturated heterocycles. The van der Waals surface area contributed by atoms with E-state index in [0.29, 0.717) is 17.0 Å². The molecule has 5 heteroatoms. The summed E-state index contributed by atoms with van der Waals surface area (Å²) in [6, 6.07) is 11.8. The van der Waals surface area contributed by atoms with Crippen LogP contribution >= 0.6 is 0 Å². The Bertz CT molecular complexity index is 1060. The monoisotopic (exact) mass is 403 g/mol. The van der Waals surface area contributed by atoms with Crippen molar-refractivity contribution in [1.82, 2.24) is 9.80 Å². The Morgan fingerprint density at radius 1 is 0.767 bits per heavy atom. The van der Waals surface area contributed by atoms with Crippen molar-refractivity contribution in [1.29, 1.82) is 0 Å². The largest absolute Gasteiger partial charge is 0.364 e. The van der Waals surface area contributed by atoms with Crippen LogP contribution in [0.4, 0.5) is 5.69 Å².